The van der Waals surface area contributed by atoms with Crippen LogP contribution in [0, 0.1) is 6.92 Å². The number of hydrogen-bond donors (Lipinski definition) is 2. The quantitative estimate of drug-likeness (QED) is 0.775. The third-order valence-corrected chi connectivity index (χ3v) is 2.08. The van der Waals surface area contributed by atoms with Gasteiger partial charge in [-0.25, -0.2) is 4.98 Å². The van der Waals surface area contributed by atoms with Crippen LogP contribution in [0.25, 0.3) is 0 Å². The van der Waals surface area contributed by atoms with E-state index in [1.807, 2.05) is 13.0 Å². The van der Waals surface area contributed by atoms with E-state index < -0.39 is 5.60 Å². The average Bonchev–Trinajstić information content (AvgIpc) is 2.05. The van der Waals surface area contributed by atoms with Crippen molar-refractivity contribution in [2.45, 2.75) is 33.3 Å². The Kier molecular flexibility index (Phi) is 3.09. The minimum atomic E-state index is -0.910. The van der Waals surface area contributed by atoms with Gasteiger partial charge >= 0.3 is 0 Å². The van der Waals surface area contributed by atoms with Crippen LogP contribution in [0.2, 0.25) is 0 Å². The number of anilines is 1. The summed E-state index contributed by atoms with van der Waals surface area (Å²) in [5.74, 6) is 0.386. The van der Waals surface area contributed by atoms with Crippen molar-refractivity contribution in [1.82, 2.24) is 4.98 Å². The van der Waals surface area contributed by atoms with E-state index >= 15 is 0 Å². The van der Waals surface area contributed by atoms with Gasteiger partial charge in [-0.05, 0) is 32.4 Å². The number of amides is 1. The zero-order valence-electron chi connectivity index (χ0n) is 9.46. The van der Waals surface area contributed by atoms with Gasteiger partial charge in [0.15, 0.2) is 0 Å². The van der Waals surface area contributed by atoms with Crippen molar-refractivity contribution in [3.63, 3.8) is 0 Å². The van der Waals surface area contributed by atoms with Crippen molar-refractivity contribution >= 4 is 11.7 Å². The second-order valence-electron chi connectivity index (χ2n) is 4.13. The number of nitrogens with zero attached hydrogens (tertiary/aromatic N) is 1. The van der Waals surface area contributed by atoms with Crippen molar-refractivity contribution in [1.29, 1.82) is 0 Å². The van der Waals surface area contributed by atoms with Crippen LogP contribution in [-0.2, 0) is 10.4 Å². The fourth-order valence-corrected chi connectivity index (χ4v) is 1.21. The second kappa shape index (κ2) is 3.98. The molecule has 2 N–H and O–H groups in total. The number of rotatable bonds is 2. The zero-order valence-corrected chi connectivity index (χ0v) is 9.46. The van der Waals surface area contributed by atoms with E-state index in [4.69, 9.17) is 0 Å². The van der Waals surface area contributed by atoms with E-state index in [2.05, 4.69) is 10.3 Å². The van der Waals surface area contributed by atoms with Crippen molar-refractivity contribution < 1.29 is 9.90 Å². The molecule has 82 valence electrons. The SMILES string of the molecule is CC(=O)Nc1ncc(C(C)(C)O)cc1C. The molecule has 0 unspecified atom stereocenters. The topological polar surface area (TPSA) is 62.2 Å². The molecular formula is C11H16N2O2. The highest BCUT2D eigenvalue weighted by atomic mass is 16.3. The van der Waals surface area contributed by atoms with Crippen LogP contribution in [0.3, 0.4) is 0 Å². The molecule has 0 fully saturated rings. The Bertz CT molecular complexity index is 381. The highest BCUT2D eigenvalue weighted by Crippen LogP contribution is 2.22. The van der Waals surface area contributed by atoms with Crippen molar-refractivity contribution in [2.75, 3.05) is 5.32 Å². The first kappa shape index (κ1) is 11.7. The molecule has 4 nitrogen and oxygen atoms in total. The number of aromatic nitrogens is 1. The lowest BCUT2D eigenvalue weighted by Gasteiger charge is -2.18. The summed E-state index contributed by atoms with van der Waals surface area (Å²) in [6.07, 6.45) is 1.57. The monoisotopic (exact) mass is 208 g/mol. The Balaban J connectivity index is 3.03. The normalized spacial score (nSPS) is 11.3. The van der Waals surface area contributed by atoms with Gasteiger partial charge in [0.05, 0.1) is 5.60 Å². The smallest absolute Gasteiger partial charge is 0.222 e. The summed E-state index contributed by atoms with van der Waals surface area (Å²) in [5, 5.41) is 12.4. The maximum Gasteiger partial charge on any atom is 0.222 e. The van der Waals surface area contributed by atoms with Gasteiger partial charge in [-0.15, -0.1) is 0 Å². The fraction of sp³-hybridized carbons (Fsp3) is 0.455. The van der Waals surface area contributed by atoms with Crippen LogP contribution in [0.4, 0.5) is 5.82 Å². The number of carbonyl (C=O) groups excluding carboxylic acids is 1. The lowest BCUT2D eigenvalue weighted by atomic mass is 9.99. The van der Waals surface area contributed by atoms with Gasteiger partial charge in [-0.1, -0.05) is 0 Å². The molecule has 1 heterocycles. The molecule has 4 heteroatoms. The molecule has 15 heavy (non-hydrogen) atoms. The molecule has 1 amide bonds. The molecular weight excluding hydrogens is 192 g/mol. The van der Waals surface area contributed by atoms with Gasteiger partial charge in [0.25, 0.3) is 0 Å². The van der Waals surface area contributed by atoms with Gasteiger partial charge in [-0.3, -0.25) is 4.79 Å². The summed E-state index contributed by atoms with van der Waals surface area (Å²) < 4.78 is 0. The van der Waals surface area contributed by atoms with Crippen LogP contribution in [0.15, 0.2) is 12.3 Å². The largest absolute Gasteiger partial charge is 0.386 e. The van der Waals surface area contributed by atoms with Crippen LogP contribution in [0.1, 0.15) is 31.9 Å². The Morgan fingerprint density at radius 2 is 2.13 bits per heavy atom. The number of nitrogens with one attached hydrogen (secondary N) is 1. The van der Waals surface area contributed by atoms with Gasteiger partial charge < -0.3 is 10.4 Å². The minimum absolute atomic E-state index is 0.151. The Hall–Kier alpha value is -1.42. The maximum absolute atomic E-state index is 10.8. The van der Waals surface area contributed by atoms with Crippen molar-refractivity contribution in [2.24, 2.45) is 0 Å². The third-order valence-electron chi connectivity index (χ3n) is 2.08. The summed E-state index contributed by atoms with van der Waals surface area (Å²) >= 11 is 0. The standard InChI is InChI=1S/C11H16N2O2/c1-7-5-9(11(3,4)15)6-12-10(7)13-8(2)14/h5-6,15H,1-4H3,(H,12,13,14). The highest BCUT2D eigenvalue weighted by molar-refractivity contribution is 5.88. The van der Waals surface area contributed by atoms with E-state index in [-0.39, 0.29) is 5.91 Å². The summed E-state index contributed by atoms with van der Waals surface area (Å²) in [6.45, 7) is 6.67. The second-order valence-corrected chi connectivity index (χ2v) is 4.13. The molecule has 0 aliphatic heterocycles. The molecule has 0 bridgehead atoms. The molecule has 0 saturated carbocycles. The number of aliphatic hydroxyl groups is 1. The van der Waals surface area contributed by atoms with Crippen molar-refractivity contribution in [3.05, 3.63) is 23.4 Å². The van der Waals surface area contributed by atoms with E-state index in [9.17, 15) is 9.90 Å². The Morgan fingerprint density at radius 3 is 2.53 bits per heavy atom. The van der Waals surface area contributed by atoms with Crippen molar-refractivity contribution in [3.8, 4) is 0 Å². The van der Waals surface area contributed by atoms with Crippen LogP contribution in [-0.4, -0.2) is 16.0 Å². The number of carbonyl (C=O) groups is 1. The molecule has 1 rings (SSSR count). The summed E-state index contributed by atoms with van der Waals surface area (Å²) in [7, 11) is 0. The molecule has 1 aromatic rings. The van der Waals surface area contributed by atoms with Gasteiger partial charge in [0.2, 0.25) is 5.91 Å². The molecule has 0 radical (unpaired) electrons. The highest BCUT2D eigenvalue weighted by Gasteiger charge is 2.17. The van der Waals surface area contributed by atoms with Crippen LogP contribution >= 0.6 is 0 Å². The molecule has 0 aliphatic rings. The van der Waals surface area contributed by atoms with Crippen LogP contribution < -0.4 is 5.32 Å². The van der Waals surface area contributed by atoms with E-state index in [1.165, 1.54) is 6.92 Å². The molecule has 1 aromatic heterocycles. The Morgan fingerprint density at radius 1 is 1.53 bits per heavy atom. The zero-order chi connectivity index (χ0) is 11.6. The minimum Gasteiger partial charge on any atom is -0.386 e. The van der Waals surface area contributed by atoms with Gasteiger partial charge in [0.1, 0.15) is 5.82 Å². The lowest BCUT2D eigenvalue weighted by molar-refractivity contribution is -0.114. The molecule has 0 aromatic carbocycles. The lowest BCUT2D eigenvalue weighted by Crippen LogP contribution is -2.17. The third kappa shape index (κ3) is 3.02. The average molecular weight is 208 g/mol. The summed E-state index contributed by atoms with van der Waals surface area (Å²) in [6, 6.07) is 1.82. The first-order valence-electron chi connectivity index (χ1n) is 4.78. The summed E-state index contributed by atoms with van der Waals surface area (Å²) in [4.78, 5) is 14.9. The van der Waals surface area contributed by atoms with E-state index in [0.29, 0.717) is 5.82 Å². The van der Waals surface area contributed by atoms with Crippen LogP contribution in [0.5, 0.6) is 0 Å². The maximum atomic E-state index is 10.8. The number of hydrogen-bond acceptors (Lipinski definition) is 3. The number of aryl methyl sites for hydroxylation is 1. The molecule has 0 saturated heterocycles. The Labute approximate surface area is 89.3 Å². The fourth-order valence-electron chi connectivity index (χ4n) is 1.21. The first-order chi connectivity index (χ1) is 6.80. The predicted octanol–water partition coefficient (Wildman–Crippen LogP) is 1.58. The van der Waals surface area contributed by atoms with E-state index in [1.54, 1.807) is 20.0 Å². The predicted molar refractivity (Wildman–Crippen MR) is 58.5 cm³/mol. The molecule has 0 atom stereocenters. The summed E-state index contributed by atoms with van der Waals surface area (Å²) in [5.41, 5.74) is 0.658. The van der Waals surface area contributed by atoms with E-state index in [0.717, 1.165) is 11.1 Å². The van der Waals surface area contributed by atoms with Gasteiger partial charge in [-0.2, -0.15) is 0 Å². The first-order valence-corrected chi connectivity index (χ1v) is 4.78. The molecule has 0 aliphatic carbocycles. The van der Waals surface area contributed by atoms with Gasteiger partial charge in [0, 0.05) is 18.7 Å². The number of pyridine rings is 1. The molecule has 0 spiro atoms.